The lowest BCUT2D eigenvalue weighted by molar-refractivity contribution is -0.139. The van der Waals surface area contributed by atoms with Crippen LogP contribution in [0.25, 0.3) is 0 Å². The van der Waals surface area contributed by atoms with Crippen molar-refractivity contribution in [1.82, 2.24) is 0 Å². The number of ether oxygens (including phenoxy) is 1. The minimum absolute atomic E-state index is 0.0363. The summed E-state index contributed by atoms with van der Waals surface area (Å²) in [5.74, 6) is -0.110. The fraction of sp³-hybridized carbons (Fsp3) is 0.914. The van der Waals surface area contributed by atoms with Crippen LogP contribution in [0.4, 0.5) is 0 Å². The number of carbonyl (C=O) groups is 1. The van der Waals surface area contributed by atoms with Crippen LogP contribution in [0.2, 0.25) is 0 Å². The Hall–Kier alpha value is -0.870. The van der Waals surface area contributed by atoms with Gasteiger partial charge in [-0.05, 0) is 38.7 Å². The highest BCUT2D eigenvalue weighted by molar-refractivity contribution is 5.90. The van der Waals surface area contributed by atoms with E-state index in [-0.39, 0.29) is 12.1 Å². The maximum Gasteiger partial charge on any atom is 0.334 e. The van der Waals surface area contributed by atoms with Crippen LogP contribution >= 0.6 is 0 Å². The fourth-order valence-corrected chi connectivity index (χ4v) is 5.83. The van der Waals surface area contributed by atoms with Gasteiger partial charge in [0.15, 0.2) is 0 Å². The third kappa shape index (κ3) is 21.5. The summed E-state index contributed by atoms with van der Waals surface area (Å²) in [6, 6.07) is 0. The number of aliphatic hydroxyl groups is 2. The van der Waals surface area contributed by atoms with E-state index in [2.05, 4.69) is 6.92 Å². The molecule has 3 unspecified atom stereocenters. The van der Waals surface area contributed by atoms with Gasteiger partial charge < -0.3 is 14.9 Å². The van der Waals surface area contributed by atoms with Gasteiger partial charge in [0.2, 0.25) is 0 Å². The minimum atomic E-state index is -0.537. The molecule has 0 aromatic rings. The molecule has 4 nitrogen and oxygen atoms in total. The summed E-state index contributed by atoms with van der Waals surface area (Å²) in [5, 5.41) is 20.5. The molecule has 0 spiro atoms. The number of carbonyl (C=O) groups excluding carboxylic acids is 1. The topological polar surface area (TPSA) is 66.8 Å². The Balaban J connectivity index is 1.77. The second kappa shape index (κ2) is 26.1. The highest BCUT2D eigenvalue weighted by Gasteiger charge is 2.21. The van der Waals surface area contributed by atoms with Gasteiger partial charge in [-0.3, -0.25) is 0 Å². The minimum Gasteiger partial charge on any atom is -0.455 e. The average Bonchev–Trinajstić information content (AvgIpc) is 3.25. The Morgan fingerprint density at radius 3 is 1.26 bits per heavy atom. The summed E-state index contributed by atoms with van der Waals surface area (Å²) in [7, 11) is 0. The second-order valence-electron chi connectivity index (χ2n) is 12.4. The fourth-order valence-electron chi connectivity index (χ4n) is 5.83. The van der Waals surface area contributed by atoms with Crippen molar-refractivity contribution in [3.05, 3.63) is 11.6 Å². The molecular formula is C35H66O4. The molecule has 0 fully saturated rings. The van der Waals surface area contributed by atoms with Gasteiger partial charge in [-0.15, -0.1) is 0 Å². The summed E-state index contributed by atoms with van der Waals surface area (Å²) in [6.45, 7) is 4.19. The molecule has 0 saturated carbocycles. The van der Waals surface area contributed by atoms with Crippen LogP contribution in [-0.2, 0) is 9.53 Å². The molecule has 0 aliphatic carbocycles. The van der Waals surface area contributed by atoms with Crippen LogP contribution in [0.5, 0.6) is 0 Å². The van der Waals surface area contributed by atoms with E-state index in [0.717, 1.165) is 44.1 Å². The number of hydrogen-bond acceptors (Lipinski definition) is 4. The lowest BCUT2D eigenvalue weighted by Crippen LogP contribution is -2.25. The highest BCUT2D eigenvalue weighted by Crippen LogP contribution is 2.20. The highest BCUT2D eigenvalue weighted by atomic mass is 16.5. The maximum atomic E-state index is 11.6. The molecule has 0 amide bonds. The van der Waals surface area contributed by atoms with Crippen molar-refractivity contribution in [1.29, 1.82) is 0 Å². The first-order valence-corrected chi connectivity index (χ1v) is 17.3. The van der Waals surface area contributed by atoms with Crippen LogP contribution in [-0.4, -0.2) is 34.5 Å². The number of esters is 1. The maximum absolute atomic E-state index is 11.6. The first-order valence-electron chi connectivity index (χ1n) is 17.3. The van der Waals surface area contributed by atoms with E-state index in [1.54, 1.807) is 0 Å². The predicted octanol–water partition coefficient (Wildman–Crippen LogP) is 10.1. The molecule has 0 radical (unpaired) electrons. The normalized spacial score (nSPS) is 16.9. The lowest BCUT2D eigenvalue weighted by Gasteiger charge is -2.17. The predicted molar refractivity (Wildman–Crippen MR) is 166 cm³/mol. The standard InChI is InChI=1S/C35H66O4/c1-3-4-5-6-7-8-9-13-16-19-22-25-28-33(36)34(37)29-26-23-20-17-14-11-10-12-15-18-21-24-27-32-30-31(2)39-35(32)38/h30-31,33-34,36-37H,3-29H2,1-2H3. The molecule has 2 N–H and O–H groups in total. The van der Waals surface area contributed by atoms with Gasteiger partial charge in [0.25, 0.3) is 0 Å². The van der Waals surface area contributed by atoms with E-state index in [9.17, 15) is 15.0 Å². The molecule has 3 atom stereocenters. The van der Waals surface area contributed by atoms with Gasteiger partial charge in [0.05, 0.1) is 12.2 Å². The second-order valence-corrected chi connectivity index (χ2v) is 12.4. The molecular weight excluding hydrogens is 484 g/mol. The number of rotatable bonds is 29. The zero-order valence-corrected chi connectivity index (χ0v) is 26.1. The van der Waals surface area contributed by atoms with Gasteiger partial charge in [-0.1, -0.05) is 155 Å². The van der Waals surface area contributed by atoms with Crippen molar-refractivity contribution in [2.45, 2.75) is 206 Å². The smallest absolute Gasteiger partial charge is 0.334 e. The number of aliphatic hydroxyl groups excluding tert-OH is 2. The lowest BCUT2D eigenvalue weighted by atomic mass is 9.99. The van der Waals surface area contributed by atoms with Crippen LogP contribution in [0.15, 0.2) is 11.6 Å². The van der Waals surface area contributed by atoms with Gasteiger partial charge in [-0.25, -0.2) is 4.79 Å². The van der Waals surface area contributed by atoms with Crippen LogP contribution in [0, 0.1) is 0 Å². The van der Waals surface area contributed by atoms with E-state index in [1.165, 1.54) is 135 Å². The summed E-state index contributed by atoms with van der Waals surface area (Å²) in [5.41, 5.74) is 0.878. The van der Waals surface area contributed by atoms with Crippen LogP contribution in [0.1, 0.15) is 187 Å². The third-order valence-electron chi connectivity index (χ3n) is 8.48. The molecule has 1 heterocycles. The Labute approximate surface area is 242 Å². The molecule has 0 saturated heterocycles. The van der Waals surface area contributed by atoms with Gasteiger partial charge in [0, 0.05) is 5.57 Å². The van der Waals surface area contributed by atoms with Crippen molar-refractivity contribution in [3.63, 3.8) is 0 Å². The van der Waals surface area contributed by atoms with E-state index >= 15 is 0 Å². The quantitative estimate of drug-likeness (QED) is 0.0718. The zero-order chi connectivity index (χ0) is 28.4. The van der Waals surface area contributed by atoms with Crippen molar-refractivity contribution in [2.75, 3.05) is 0 Å². The molecule has 0 bridgehead atoms. The van der Waals surface area contributed by atoms with Crippen molar-refractivity contribution >= 4 is 5.97 Å². The summed E-state index contributed by atoms with van der Waals surface area (Å²) in [4.78, 5) is 11.6. The first kappa shape index (κ1) is 36.2. The summed E-state index contributed by atoms with van der Waals surface area (Å²) in [6.07, 6.45) is 34.1. The van der Waals surface area contributed by atoms with Crippen molar-refractivity contribution < 1.29 is 19.7 Å². The van der Waals surface area contributed by atoms with E-state index in [4.69, 9.17) is 4.74 Å². The SMILES string of the molecule is CCCCCCCCCCCCCCC(O)C(O)CCCCCCCCCCCCCCC1=CC(C)OC1=O. The van der Waals surface area contributed by atoms with Crippen LogP contribution < -0.4 is 0 Å². The third-order valence-corrected chi connectivity index (χ3v) is 8.48. The molecule has 39 heavy (non-hydrogen) atoms. The largest absolute Gasteiger partial charge is 0.455 e. The average molecular weight is 551 g/mol. The van der Waals surface area contributed by atoms with Crippen molar-refractivity contribution in [2.24, 2.45) is 0 Å². The monoisotopic (exact) mass is 550 g/mol. The van der Waals surface area contributed by atoms with E-state index < -0.39 is 12.2 Å². The molecule has 4 heteroatoms. The molecule has 1 rings (SSSR count). The van der Waals surface area contributed by atoms with Gasteiger partial charge in [-0.2, -0.15) is 0 Å². The number of unbranched alkanes of at least 4 members (excludes halogenated alkanes) is 22. The van der Waals surface area contributed by atoms with Gasteiger partial charge in [0.1, 0.15) is 6.10 Å². The number of hydrogen-bond donors (Lipinski definition) is 2. The van der Waals surface area contributed by atoms with Crippen molar-refractivity contribution in [3.8, 4) is 0 Å². The van der Waals surface area contributed by atoms with Gasteiger partial charge >= 0.3 is 5.97 Å². The summed E-state index contributed by atoms with van der Waals surface area (Å²) < 4.78 is 5.14. The van der Waals surface area contributed by atoms with E-state index in [1.807, 2.05) is 13.0 Å². The molecule has 1 aliphatic rings. The Morgan fingerprint density at radius 1 is 0.590 bits per heavy atom. The van der Waals surface area contributed by atoms with Crippen LogP contribution in [0.3, 0.4) is 0 Å². The Morgan fingerprint density at radius 2 is 0.923 bits per heavy atom. The molecule has 1 aliphatic heterocycles. The molecule has 0 aromatic carbocycles. The Kier molecular flexibility index (Phi) is 24.2. The molecule has 0 aromatic heterocycles. The summed E-state index contributed by atoms with van der Waals surface area (Å²) >= 11 is 0. The number of cyclic esters (lactones) is 1. The van der Waals surface area contributed by atoms with E-state index in [0.29, 0.717) is 0 Å². The Bertz CT molecular complexity index is 587. The molecule has 230 valence electrons. The zero-order valence-electron chi connectivity index (χ0n) is 26.1. The first-order chi connectivity index (χ1) is 19.0.